The van der Waals surface area contributed by atoms with E-state index in [0.29, 0.717) is 5.88 Å². The van der Waals surface area contributed by atoms with Crippen molar-refractivity contribution in [3.63, 3.8) is 0 Å². The Bertz CT molecular complexity index is 325. The fraction of sp³-hybridized carbons (Fsp3) is 0.556. The third-order valence-corrected chi connectivity index (χ3v) is 1.36. The summed E-state index contributed by atoms with van der Waals surface area (Å²) in [6, 6.07) is 1.63. The number of ether oxygens (including phenoxy) is 1. The number of carbonyl (C=O) groups excluding carboxylic acids is 1. The van der Waals surface area contributed by atoms with Crippen molar-refractivity contribution in [2.45, 2.75) is 26.3 Å². The Labute approximate surface area is 83.1 Å². The molecule has 1 rings (SSSR count). The zero-order valence-electron chi connectivity index (χ0n) is 8.87. The molecule has 14 heavy (non-hydrogen) atoms. The molecule has 0 radical (unpaired) electrons. The van der Waals surface area contributed by atoms with E-state index < -0.39 is 6.09 Å². The summed E-state index contributed by atoms with van der Waals surface area (Å²) in [5.74, 6) is 0.300. The first-order valence-electron chi connectivity index (χ1n) is 4.36. The van der Waals surface area contributed by atoms with Crippen molar-refractivity contribution in [1.82, 2.24) is 15.1 Å². The van der Waals surface area contributed by atoms with Crippen LogP contribution in [-0.4, -0.2) is 21.4 Å². The molecule has 5 nitrogen and oxygen atoms in total. The van der Waals surface area contributed by atoms with Crippen molar-refractivity contribution in [2.24, 2.45) is 7.05 Å². The smallest absolute Gasteiger partial charge is 0.390 e. The summed E-state index contributed by atoms with van der Waals surface area (Å²) >= 11 is 0. The van der Waals surface area contributed by atoms with E-state index in [1.165, 1.54) is 0 Å². The molecule has 0 spiro atoms. The first kappa shape index (κ1) is 10.6. The zero-order valence-corrected chi connectivity index (χ0v) is 8.87. The number of amides is 1. The maximum absolute atomic E-state index is 11.3. The van der Waals surface area contributed by atoms with Crippen LogP contribution in [0.5, 0.6) is 5.88 Å². The lowest BCUT2D eigenvalue weighted by Crippen LogP contribution is -2.42. The molecular formula is C9H15N3O2. The van der Waals surface area contributed by atoms with Gasteiger partial charge in [-0.15, -0.1) is 5.10 Å². The lowest BCUT2D eigenvalue weighted by atomic mass is 10.1. The second kappa shape index (κ2) is 3.69. The van der Waals surface area contributed by atoms with Gasteiger partial charge in [0.05, 0.1) is 0 Å². The molecule has 0 aromatic carbocycles. The van der Waals surface area contributed by atoms with E-state index in [-0.39, 0.29) is 5.54 Å². The molecule has 1 N–H and O–H groups in total. The van der Waals surface area contributed by atoms with Crippen LogP contribution < -0.4 is 10.1 Å². The Morgan fingerprint density at radius 1 is 1.57 bits per heavy atom. The molecule has 1 heterocycles. The van der Waals surface area contributed by atoms with Crippen LogP contribution in [0.4, 0.5) is 4.79 Å². The van der Waals surface area contributed by atoms with Gasteiger partial charge in [-0.3, -0.25) is 4.68 Å². The van der Waals surface area contributed by atoms with E-state index in [2.05, 4.69) is 10.4 Å². The third kappa shape index (κ3) is 3.47. The maximum Gasteiger partial charge on any atom is 0.414 e. The molecule has 0 atom stereocenters. The minimum absolute atomic E-state index is 0.300. The van der Waals surface area contributed by atoms with Gasteiger partial charge in [0.15, 0.2) is 0 Å². The highest BCUT2D eigenvalue weighted by atomic mass is 16.6. The van der Waals surface area contributed by atoms with E-state index in [4.69, 9.17) is 4.74 Å². The molecule has 1 aromatic heterocycles. The quantitative estimate of drug-likeness (QED) is 0.738. The van der Waals surface area contributed by atoms with Crippen LogP contribution in [0.1, 0.15) is 20.8 Å². The topological polar surface area (TPSA) is 56.1 Å². The van der Waals surface area contributed by atoms with Gasteiger partial charge in [-0.05, 0) is 20.8 Å². The molecule has 0 fully saturated rings. The molecular weight excluding hydrogens is 182 g/mol. The zero-order chi connectivity index (χ0) is 10.8. The van der Waals surface area contributed by atoms with Gasteiger partial charge < -0.3 is 10.1 Å². The minimum Gasteiger partial charge on any atom is -0.390 e. The first-order chi connectivity index (χ1) is 6.37. The molecule has 5 heteroatoms. The number of hydrogen-bond donors (Lipinski definition) is 1. The van der Waals surface area contributed by atoms with Crippen molar-refractivity contribution in [2.75, 3.05) is 0 Å². The standard InChI is InChI=1S/C9H15N3O2/c1-9(2,3)10-8(13)14-7-5-6-12(4)11-7/h5-6H,1-4H3,(H,10,13). The first-order valence-corrected chi connectivity index (χ1v) is 4.36. The van der Waals surface area contributed by atoms with Gasteiger partial charge in [-0.25, -0.2) is 4.79 Å². The largest absolute Gasteiger partial charge is 0.414 e. The molecule has 0 aliphatic rings. The highest BCUT2D eigenvalue weighted by molar-refractivity contribution is 5.70. The Morgan fingerprint density at radius 2 is 2.21 bits per heavy atom. The van der Waals surface area contributed by atoms with Gasteiger partial charge in [0.25, 0.3) is 0 Å². The van der Waals surface area contributed by atoms with Crippen LogP contribution in [0.3, 0.4) is 0 Å². The van der Waals surface area contributed by atoms with Gasteiger partial charge in [0.1, 0.15) is 0 Å². The number of aromatic nitrogens is 2. The van der Waals surface area contributed by atoms with Crippen LogP contribution in [0, 0.1) is 0 Å². The number of carbonyl (C=O) groups is 1. The lowest BCUT2D eigenvalue weighted by molar-refractivity contribution is 0.188. The molecule has 1 amide bonds. The molecule has 0 unspecified atom stereocenters. The van der Waals surface area contributed by atoms with Gasteiger partial charge in [0.2, 0.25) is 5.88 Å². The normalized spacial score (nSPS) is 11.1. The number of hydrogen-bond acceptors (Lipinski definition) is 3. The summed E-state index contributed by atoms with van der Waals surface area (Å²) in [4.78, 5) is 11.3. The van der Waals surface area contributed by atoms with Crippen LogP contribution in [-0.2, 0) is 7.05 Å². The van der Waals surface area contributed by atoms with Gasteiger partial charge in [-0.2, -0.15) is 0 Å². The Kier molecular flexibility index (Phi) is 2.78. The summed E-state index contributed by atoms with van der Waals surface area (Å²) in [5.41, 5.74) is -0.300. The van der Waals surface area contributed by atoms with Crippen molar-refractivity contribution in [1.29, 1.82) is 0 Å². The third-order valence-electron chi connectivity index (χ3n) is 1.36. The number of rotatable bonds is 1. The van der Waals surface area contributed by atoms with Crippen molar-refractivity contribution in [3.8, 4) is 5.88 Å². The van der Waals surface area contributed by atoms with Crippen molar-refractivity contribution >= 4 is 6.09 Å². The summed E-state index contributed by atoms with van der Waals surface area (Å²) in [5, 5.41) is 6.58. The van der Waals surface area contributed by atoms with Crippen molar-refractivity contribution in [3.05, 3.63) is 12.3 Å². The summed E-state index contributed by atoms with van der Waals surface area (Å²) < 4.78 is 6.50. The second-order valence-corrected chi connectivity index (χ2v) is 4.09. The highest BCUT2D eigenvalue weighted by Crippen LogP contribution is 2.06. The molecule has 0 saturated carbocycles. The minimum atomic E-state index is -0.490. The Morgan fingerprint density at radius 3 is 2.64 bits per heavy atom. The molecule has 0 saturated heterocycles. The van der Waals surface area contributed by atoms with Gasteiger partial charge >= 0.3 is 6.09 Å². The van der Waals surface area contributed by atoms with Crippen LogP contribution in [0.15, 0.2) is 12.3 Å². The Balaban J connectivity index is 2.50. The SMILES string of the molecule is Cn1ccc(OC(=O)NC(C)(C)C)n1. The maximum atomic E-state index is 11.3. The average molecular weight is 197 g/mol. The fourth-order valence-electron chi connectivity index (χ4n) is 0.875. The van der Waals surface area contributed by atoms with E-state index in [0.717, 1.165) is 0 Å². The van der Waals surface area contributed by atoms with E-state index in [1.807, 2.05) is 20.8 Å². The molecule has 0 aliphatic heterocycles. The molecule has 1 aromatic rings. The van der Waals surface area contributed by atoms with Gasteiger partial charge in [0, 0.05) is 24.8 Å². The molecule has 78 valence electrons. The van der Waals surface area contributed by atoms with Gasteiger partial charge in [-0.1, -0.05) is 0 Å². The van der Waals surface area contributed by atoms with E-state index in [1.54, 1.807) is 24.0 Å². The number of nitrogens with one attached hydrogen (secondary N) is 1. The number of aryl methyl sites for hydroxylation is 1. The molecule has 0 bridgehead atoms. The predicted molar refractivity (Wildman–Crippen MR) is 52.1 cm³/mol. The van der Waals surface area contributed by atoms with Crippen LogP contribution >= 0.6 is 0 Å². The lowest BCUT2D eigenvalue weighted by Gasteiger charge is -2.19. The summed E-state index contributed by atoms with van der Waals surface area (Å²) in [7, 11) is 1.76. The van der Waals surface area contributed by atoms with Crippen LogP contribution in [0.25, 0.3) is 0 Å². The number of nitrogens with zero attached hydrogens (tertiary/aromatic N) is 2. The average Bonchev–Trinajstić information content (AvgIpc) is 2.30. The summed E-state index contributed by atoms with van der Waals surface area (Å²) in [6.07, 6.45) is 1.22. The monoisotopic (exact) mass is 197 g/mol. The van der Waals surface area contributed by atoms with Crippen LogP contribution in [0.2, 0.25) is 0 Å². The van der Waals surface area contributed by atoms with Crippen molar-refractivity contribution < 1.29 is 9.53 Å². The summed E-state index contributed by atoms with van der Waals surface area (Å²) in [6.45, 7) is 5.64. The van der Waals surface area contributed by atoms with E-state index in [9.17, 15) is 4.79 Å². The Hall–Kier alpha value is -1.52. The fourth-order valence-corrected chi connectivity index (χ4v) is 0.875. The molecule has 0 aliphatic carbocycles. The predicted octanol–water partition coefficient (Wildman–Crippen LogP) is 1.31. The second-order valence-electron chi connectivity index (χ2n) is 4.09. The van der Waals surface area contributed by atoms with E-state index >= 15 is 0 Å². The highest BCUT2D eigenvalue weighted by Gasteiger charge is 2.15.